The fraction of sp³-hybridized carbons (Fsp3) is 0.250. The van der Waals surface area contributed by atoms with E-state index in [9.17, 15) is 0 Å². The molecule has 1 atom stereocenters. The summed E-state index contributed by atoms with van der Waals surface area (Å²) in [5, 5.41) is 6.19. The van der Waals surface area contributed by atoms with Gasteiger partial charge in [0.25, 0.3) is 0 Å². The molecule has 0 saturated heterocycles. The second kappa shape index (κ2) is 6.20. The fourth-order valence-electron chi connectivity index (χ4n) is 2.16. The van der Waals surface area contributed by atoms with E-state index in [1.54, 1.807) is 11.3 Å². The molecule has 3 rings (SSSR count). The topological polar surface area (TPSA) is 42.2 Å². The van der Waals surface area contributed by atoms with Crippen molar-refractivity contribution in [3.05, 3.63) is 59.4 Å². The molecule has 0 saturated carbocycles. The average molecular weight is 299 g/mol. The highest BCUT2D eigenvalue weighted by Crippen LogP contribution is 2.26. The number of aromatic nitrogens is 2. The van der Waals surface area contributed by atoms with Gasteiger partial charge in [0.1, 0.15) is 0 Å². The van der Waals surface area contributed by atoms with Gasteiger partial charge >= 0.3 is 0 Å². The van der Waals surface area contributed by atoms with Crippen LogP contribution in [0.15, 0.2) is 52.5 Å². The Hall–Kier alpha value is -1.98. The number of hydrogen-bond acceptors (Lipinski definition) is 5. The van der Waals surface area contributed by atoms with E-state index in [0.29, 0.717) is 0 Å². The van der Waals surface area contributed by atoms with Gasteiger partial charge in [0, 0.05) is 24.8 Å². The molecule has 108 valence electrons. The smallest absolute Gasteiger partial charge is 0.177 e. The van der Waals surface area contributed by atoms with Gasteiger partial charge < -0.3 is 4.52 Å². The van der Waals surface area contributed by atoms with Crippen molar-refractivity contribution in [2.24, 2.45) is 0 Å². The third-order valence-corrected chi connectivity index (χ3v) is 4.40. The lowest BCUT2D eigenvalue weighted by atomic mass is 10.2. The molecular formula is C16H17N3OS. The van der Waals surface area contributed by atoms with E-state index >= 15 is 0 Å². The zero-order valence-electron chi connectivity index (χ0n) is 12.1. The lowest BCUT2D eigenvalue weighted by molar-refractivity contribution is 0.241. The van der Waals surface area contributed by atoms with E-state index in [0.717, 1.165) is 28.6 Å². The number of thiophene rings is 1. The van der Waals surface area contributed by atoms with Crippen LogP contribution >= 0.6 is 11.3 Å². The molecule has 0 amide bonds. The quantitative estimate of drug-likeness (QED) is 0.714. The van der Waals surface area contributed by atoms with Gasteiger partial charge in [-0.05, 0) is 37.6 Å². The highest BCUT2D eigenvalue weighted by Gasteiger charge is 2.15. The van der Waals surface area contributed by atoms with Crippen molar-refractivity contribution in [2.45, 2.75) is 19.5 Å². The summed E-state index contributed by atoms with van der Waals surface area (Å²) in [6.45, 7) is 2.87. The molecule has 0 aliphatic carbocycles. The summed E-state index contributed by atoms with van der Waals surface area (Å²) in [5.41, 5.74) is 1.99. The fourth-order valence-corrected chi connectivity index (χ4v) is 2.84. The predicted octanol–water partition coefficient (Wildman–Crippen LogP) is 3.99. The summed E-state index contributed by atoms with van der Waals surface area (Å²) in [6.07, 6.45) is 1.82. The zero-order chi connectivity index (χ0) is 14.7. The molecule has 0 spiro atoms. The summed E-state index contributed by atoms with van der Waals surface area (Å²) in [4.78, 5) is 7.72. The van der Waals surface area contributed by atoms with E-state index in [4.69, 9.17) is 4.52 Å². The van der Waals surface area contributed by atoms with Crippen LogP contribution in [0.4, 0.5) is 0 Å². The maximum absolute atomic E-state index is 5.41. The van der Waals surface area contributed by atoms with Crippen LogP contribution in [0, 0.1) is 0 Å². The van der Waals surface area contributed by atoms with Gasteiger partial charge in [-0.2, -0.15) is 0 Å². The van der Waals surface area contributed by atoms with Crippen molar-refractivity contribution in [2.75, 3.05) is 7.05 Å². The van der Waals surface area contributed by atoms with Crippen molar-refractivity contribution in [3.8, 4) is 10.6 Å². The lowest BCUT2D eigenvalue weighted by Gasteiger charge is -2.22. The molecule has 0 aliphatic rings. The number of hydrogen-bond donors (Lipinski definition) is 0. The Morgan fingerprint density at radius 1 is 1.29 bits per heavy atom. The summed E-state index contributed by atoms with van der Waals surface area (Å²) in [6, 6.07) is 12.3. The average Bonchev–Trinajstić information content (AvgIpc) is 3.18. The SMILES string of the molecule is CC(c1ccccn1)N(C)Cc1cc(-c2cccs2)on1. The van der Waals surface area contributed by atoms with Crippen molar-refractivity contribution >= 4 is 11.3 Å². The maximum atomic E-state index is 5.41. The van der Waals surface area contributed by atoms with Crippen molar-refractivity contribution < 1.29 is 4.52 Å². The molecule has 3 aromatic heterocycles. The van der Waals surface area contributed by atoms with E-state index in [1.165, 1.54) is 0 Å². The van der Waals surface area contributed by atoms with Crippen LogP contribution < -0.4 is 0 Å². The van der Waals surface area contributed by atoms with Gasteiger partial charge in [-0.15, -0.1) is 11.3 Å². The summed E-state index contributed by atoms with van der Waals surface area (Å²) in [5.74, 6) is 0.832. The minimum Gasteiger partial charge on any atom is -0.355 e. The Labute approximate surface area is 128 Å². The second-order valence-electron chi connectivity index (χ2n) is 5.01. The third-order valence-electron chi connectivity index (χ3n) is 3.51. The van der Waals surface area contributed by atoms with Crippen LogP contribution in [0.1, 0.15) is 24.4 Å². The molecule has 0 radical (unpaired) electrons. The molecule has 5 heteroatoms. The summed E-state index contributed by atoms with van der Waals surface area (Å²) < 4.78 is 5.41. The molecule has 0 N–H and O–H groups in total. The third kappa shape index (κ3) is 3.20. The van der Waals surface area contributed by atoms with Crippen molar-refractivity contribution in [1.29, 1.82) is 0 Å². The molecule has 0 aromatic carbocycles. The van der Waals surface area contributed by atoms with Crippen LogP contribution in [0.25, 0.3) is 10.6 Å². The Kier molecular flexibility index (Phi) is 4.13. The Bertz CT molecular complexity index is 679. The van der Waals surface area contributed by atoms with Crippen LogP contribution in [-0.4, -0.2) is 22.1 Å². The van der Waals surface area contributed by atoms with Crippen molar-refractivity contribution in [3.63, 3.8) is 0 Å². The molecule has 3 heterocycles. The molecule has 0 bridgehead atoms. The normalized spacial score (nSPS) is 12.7. The van der Waals surface area contributed by atoms with Crippen LogP contribution in [0.3, 0.4) is 0 Å². The highest BCUT2D eigenvalue weighted by atomic mass is 32.1. The molecule has 1 unspecified atom stereocenters. The molecule has 0 aliphatic heterocycles. The van der Waals surface area contributed by atoms with E-state index in [-0.39, 0.29) is 6.04 Å². The molecular weight excluding hydrogens is 282 g/mol. The summed E-state index contributed by atoms with van der Waals surface area (Å²) >= 11 is 1.65. The van der Waals surface area contributed by atoms with Gasteiger partial charge in [-0.1, -0.05) is 17.3 Å². The molecule has 3 aromatic rings. The number of rotatable bonds is 5. The Morgan fingerprint density at radius 2 is 2.19 bits per heavy atom. The Morgan fingerprint density at radius 3 is 2.90 bits per heavy atom. The van der Waals surface area contributed by atoms with E-state index in [2.05, 4.69) is 29.0 Å². The molecule has 0 fully saturated rings. The van der Waals surface area contributed by atoms with E-state index < -0.39 is 0 Å². The second-order valence-corrected chi connectivity index (χ2v) is 5.95. The lowest BCUT2D eigenvalue weighted by Crippen LogP contribution is -2.22. The highest BCUT2D eigenvalue weighted by molar-refractivity contribution is 7.13. The number of nitrogens with zero attached hydrogens (tertiary/aromatic N) is 3. The minimum absolute atomic E-state index is 0.230. The monoisotopic (exact) mass is 299 g/mol. The zero-order valence-corrected chi connectivity index (χ0v) is 12.9. The first-order chi connectivity index (χ1) is 10.2. The van der Waals surface area contributed by atoms with Gasteiger partial charge in [0.2, 0.25) is 0 Å². The predicted molar refractivity (Wildman–Crippen MR) is 83.9 cm³/mol. The molecule has 21 heavy (non-hydrogen) atoms. The van der Waals surface area contributed by atoms with Gasteiger partial charge in [-0.25, -0.2) is 0 Å². The van der Waals surface area contributed by atoms with Gasteiger partial charge in [0.15, 0.2) is 5.76 Å². The van der Waals surface area contributed by atoms with E-state index in [1.807, 2.05) is 48.0 Å². The van der Waals surface area contributed by atoms with Crippen LogP contribution in [0.5, 0.6) is 0 Å². The summed E-state index contributed by atoms with van der Waals surface area (Å²) in [7, 11) is 2.07. The first-order valence-electron chi connectivity index (χ1n) is 6.84. The van der Waals surface area contributed by atoms with Gasteiger partial charge in [-0.3, -0.25) is 9.88 Å². The van der Waals surface area contributed by atoms with Crippen molar-refractivity contribution in [1.82, 2.24) is 15.0 Å². The first-order valence-corrected chi connectivity index (χ1v) is 7.72. The maximum Gasteiger partial charge on any atom is 0.177 e. The minimum atomic E-state index is 0.230. The van der Waals surface area contributed by atoms with Crippen LogP contribution in [0.2, 0.25) is 0 Å². The molecule has 4 nitrogen and oxygen atoms in total. The number of pyridine rings is 1. The standard InChI is InChI=1S/C16H17N3OS/c1-12(14-6-3-4-8-17-14)19(2)11-13-10-15(20-18-13)16-7-5-9-21-16/h3-10,12H,11H2,1-2H3. The largest absolute Gasteiger partial charge is 0.355 e. The van der Waals surface area contributed by atoms with Crippen LogP contribution in [-0.2, 0) is 6.54 Å². The van der Waals surface area contributed by atoms with Gasteiger partial charge in [0.05, 0.1) is 16.3 Å². The first kappa shape index (κ1) is 14.0. The Balaban J connectivity index is 1.69.